The van der Waals surface area contributed by atoms with Crippen molar-refractivity contribution < 1.29 is 4.74 Å². The quantitative estimate of drug-likeness (QED) is 0.676. The number of ether oxygens (including phenoxy) is 1. The van der Waals surface area contributed by atoms with Gasteiger partial charge >= 0.3 is 0 Å². The first-order valence-corrected chi connectivity index (χ1v) is 6.94. The highest BCUT2D eigenvalue weighted by molar-refractivity contribution is 14.1. The molecule has 1 atom stereocenters. The maximum atomic E-state index is 5.56. The van der Waals surface area contributed by atoms with Gasteiger partial charge < -0.3 is 10.1 Å². The number of nitrogens with zero attached hydrogens (tertiary/aromatic N) is 1. The molecule has 0 radical (unpaired) electrons. The Morgan fingerprint density at radius 1 is 1.71 bits per heavy atom. The van der Waals surface area contributed by atoms with Gasteiger partial charge in [0.25, 0.3) is 0 Å². The molecule has 1 aliphatic heterocycles. The van der Waals surface area contributed by atoms with Gasteiger partial charge in [0.2, 0.25) is 5.88 Å². The van der Waals surface area contributed by atoms with Crippen LogP contribution >= 0.6 is 22.6 Å². The maximum Gasteiger partial charge on any atom is 0.227 e. The second kappa shape index (κ2) is 5.82. The minimum absolute atomic E-state index is 0.505. The van der Waals surface area contributed by atoms with Crippen molar-refractivity contribution in [1.82, 2.24) is 10.3 Å². The molecule has 4 heteroatoms. The first kappa shape index (κ1) is 12.8. The summed E-state index contributed by atoms with van der Waals surface area (Å²) in [5.41, 5.74) is 2.47. The molecule has 0 spiro atoms. The summed E-state index contributed by atoms with van der Waals surface area (Å²) in [6, 6.07) is 2.21. The summed E-state index contributed by atoms with van der Waals surface area (Å²) >= 11 is 2.29. The molecule has 0 bridgehead atoms. The van der Waals surface area contributed by atoms with Gasteiger partial charge in [-0.15, -0.1) is 0 Å². The largest absolute Gasteiger partial charge is 0.473 e. The number of hydrogen-bond acceptors (Lipinski definition) is 3. The van der Waals surface area contributed by atoms with E-state index in [0.717, 1.165) is 34.7 Å². The Bertz CT molecular complexity index is 420. The molecule has 2 heterocycles. The van der Waals surface area contributed by atoms with Gasteiger partial charge in [-0.1, -0.05) is 19.6 Å². The van der Waals surface area contributed by atoms with Crippen molar-refractivity contribution >= 4 is 22.6 Å². The van der Waals surface area contributed by atoms with Crippen LogP contribution in [0.25, 0.3) is 0 Å². The fourth-order valence-electron chi connectivity index (χ4n) is 2.01. The third kappa shape index (κ3) is 2.98. The summed E-state index contributed by atoms with van der Waals surface area (Å²) in [5.74, 6) is 1.29. The molecule has 2 rings (SSSR count). The molecular weight excluding hydrogens is 327 g/mol. The molecule has 0 amide bonds. The summed E-state index contributed by atoms with van der Waals surface area (Å²) in [7, 11) is 0. The van der Waals surface area contributed by atoms with Crippen LogP contribution in [0, 0.1) is 3.57 Å². The SMILES string of the molecule is C=CCOc1nc2c(cc1I)C(C)CCNC2. The molecule has 1 aliphatic rings. The van der Waals surface area contributed by atoms with E-state index < -0.39 is 0 Å². The number of rotatable bonds is 3. The lowest BCUT2D eigenvalue weighted by Gasteiger charge is -2.14. The predicted octanol–water partition coefficient (Wildman–Crippen LogP) is 2.85. The predicted molar refractivity (Wildman–Crippen MR) is 77.4 cm³/mol. The van der Waals surface area contributed by atoms with Crippen LogP contribution in [0.15, 0.2) is 18.7 Å². The van der Waals surface area contributed by atoms with Crippen LogP contribution in [0.4, 0.5) is 0 Å². The lowest BCUT2D eigenvalue weighted by Crippen LogP contribution is -2.13. The number of aromatic nitrogens is 1. The van der Waals surface area contributed by atoms with E-state index in [-0.39, 0.29) is 0 Å². The minimum atomic E-state index is 0.505. The Morgan fingerprint density at radius 2 is 2.53 bits per heavy atom. The molecule has 1 aromatic heterocycles. The van der Waals surface area contributed by atoms with E-state index in [1.54, 1.807) is 6.08 Å². The van der Waals surface area contributed by atoms with Crippen LogP contribution in [0.3, 0.4) is 0 Å². The summed E-state index contributed by atoms with van der Waals surface area (Å²) in [5, 5.41) is 3.40. The van der Waals surface area contributed by atoms with E-state index in [4.69, 9.17) is 4.74 Å². The van der Waals surface area contributed by atoms with Crippen LogP contribution in [0.2, 0.25) is 0 Å². The smallest absolute Gasteiger partial charge is 0.227 e. The van der Waals surface area contributed by atoms with Gasteiger partial charge in [-0.3, -0.25) is 0 Å². The van der Waals surface area contributed by atoms with Gasteiger partial charge in [0.15, 0.2) is 0 Å². The Hall–Kier alpha value is -0.620. The molecule has 0 aromatic carbocycles. The number of hydrogen-bond donors (Lipinski definition) is 1. The van der Waals surface area contributed by atoms with E-state index in [9.17, 15) is 0 Å². The van der Waals surface area contributed by atoms with E-state index in [1.165, 1.54) is 5.56 Å². The summed E-state index contributed by atoms with van der Waals surface area (Å²) in [4.78, 5) is 4.62. The average molecular weight is 344 g/mol. The van der Waals surface area contributed by atoms with Crippen LogP contribution in [0.5, 0.6) is 5.88 Å². The summed E-state index contributed by atoms with van der Waals surface area (Å²) < 4.78 is 6.64. The third-order valence-electron chi connectivity index (χ3n) is 2.97. The normalized spacial score (nSPS) is 19.3. The second-order valence-corrected chi connectivity index (χ2v) is 5.44. The number of pyridine rings is 1. The van der Waals surface area contributed by atoms with Gasteiger partial charge in [-0.05, 0) is 53.1 Å². The lowest BCUT2D eigenvalue weighted by molar-refractivity contribution is 0.344. The minimum Gasteiger partial charge on any atom is -0.473 e. The maximum absolute atomic E-state index is 5.56. The number of halogens is 1. The van der Waals surface area contributed by atoms with Crippen LogP contribution in [-0.4, -0.2) is 18.1 Å². The molecule has 3 nitrogen and oxygen atoms in total. The van der Waals surface area contributed by atoms with E-state index in [2.05, 4.69) is 52.5 Å². The zero-order valence-corrected chi connectivity index (χ0v) is 12.2. The van der Waals surface area contributed by atoms with Crippen molar-refractivity contribution in [2.45, 2.75) is 25.8 Å². The first-order valence-electron chi connectivity index (χ1n) is 5.86. The molecule has 0 fully saturated rings. The second-order valence-electron chi connectivity index (χ2n) is 4.28. The van der Waals surface area contributed by atoms with Crippen molar-refractivity contribution in [3.05, 3.63) is 33.5 Å². The zero-order chi connectivity index (χ0) is 12.3. The Kier molecular flexibility index (Phi) is 4.39. The number of nitrogens with one attached hydrogen (secondary N) is 1. The summed E-state index contributed by atoms with van der Waals surface area (Å²) in [6.45, 7) is 8.30. The van der Waals surface area contributed by atoms with Gasteiger partial charge in [0.1, 0.15) is 6.61 Å². The Morgan fingerprint density at radius 3 is 3.29 bits per heavy atom. The molecule has 0 saturated carbocycles. The fourth-order valence-corrected chi connectivity index (χ4v) is 2.62. The Balaban J connectivity index is 2.33. The van der Waals surface area contributed by atoms with Crippen LogP contribution < -0.4 is 10.1 Å². The monoisotopic (exact) mass is 344 g/mol. The fraction of sp³-hybridized carbons (Fsp3) is 0.462. The summed E-state index contributed by atoms with van der Waals surface area (Å²) in [6.07, 6.45) is 2.90. The molecule has 0 saturated heterocycles. The van der Waals surface area contributed by atoms with Gasteiger partial charge in [0, 0.05) is 6.54 Å². The van der Waals surface area contributed by atoms with Crippen molar-refractivity contribution in [2.75, 3.05) is 13.2 Å². The average Bonchev–Trinajstić information content (AvgIpc) is 2.49. The molecule has 1 N–H and O–H groups in total. The zero-order valence-electron chi connectivity index (χ0n) is 10.0. The topological polar surface area (TPSA) is 34.1 Å². The van der Waals surface area contributed by atoms with Crippen molar-refractivity contribution in [3.63, 3.8) is 0 Å². The van der Waals surface area contributed by atoms with Crippen LogP contribution in [0.1, 0.15) is 30.5 Å². The van der Waals surface area contributed by atoms with Crippen molar-refractivity contribution in [2.24, 2.45) is 0 Å². The van der Waals surface area contributed by atoms with Gasteiger partial charge in [-0.2, -0.15) is 0 Å². The van der Waals surface area contributed by atoms with Crippen molar-refractivity contribution in [1.29, 1.82) is 0 Å². The molecule has 0 aliphatic carbocycles. The highest BCUT2D eigenvalue weighted by atomic mass is 127. The lowest BCUT2D eigenvalue weighted by atomic mass is 9.98. The molecule has 92 valence electrons. The molecular formula is C13H17IN2O. The third-order valence-corrected chi connectivity index (χ3v) is 3.74. The van der Waals surface area contributed by atoms with Gasteiger partial charge in [-0.25, -0.2) is 4.98 Å². The van der Waals surface area contributed by atoms with Crippen molar-refractivity contribution in [3.8, 4) is 5.88 Å². The van der Waals surface area contributed by atoms with E-state index >= 15 is 0 Å². The standard InChI is InChI=1S/C13H17IN2O/c1-3-6-17-13-11(14)7-10-9(2)4-5-15-8-12(10)16-13/h3,7,9,15H,1,4-6,8H2,2H3. The Labute approximate surface area is 116 Å². The highest BCUT2D eigenvalue weighted by Crippen LogP contribution is 2.29. The van der Waals surface area contributed by atoms with E-state index in [0.29, 0.717) is 12.5 Å². The number of fused-ring (bicyclic) bond motifs is 1. The first-order chi connectivity index (χ1) is 8.22. The van der Waals surface area contributed by atoms with Gasteiger partial charge in [0.05, 0.1) is 9.26 Å². The highest BCUT2D eigenvalue weighted by Gasteiger charge is 2.18. The molecule has 1 aromatic rings. The molecule has 17 heavy (non-hydrogen) atoms. The van der Waals surface area contributed by atoms with E-state index in [1.807, 2.05) is 0 Å². The molecule has 1 unspecified atom stereocenters. The van der Waals surface area contributed by atoms with Crippen LogP contribution in [-0.2, 0) is 6.54 Å².